The van der Waals surface area contributed by atoms with Crippen molar-refractivity contribution in [1.29, 1.82) is 0 Å². The number of fused-ring (bicyclic) bond motifs is 2. The summed E-state index contributed by atoms with van der Waals surface area (Å²) in [6, 6.07) is 13.9. The Hall–Kier alpha value is -2.44. The van der Waals surface area contributed by atoms with Gasteiger partial charge in [0.15, 0.2) is 0 Å². The summed E-state index contributed by atoms with van der Waals surface area (Å²) < 4.78 is 17.8. The number of ether oxygens (including phenoxy) is 3. The molecule has 0 unspecified atom stereocenters. The lowest BCUT2D eigenvalue weighted by Gasteiger charge is -2.40. The van der Waals surface area contributed by atoms with Crippen molar-refractivity contribution in [3.8, 4) is 0 Å². The van der Waals surface area contributed by atoms with Crippen molar-refractivity contribution in [1.82, 2.24) is 5.32 Å². The Balaban J connectivity index is 1.50. The van der Waals surface area contributed by atoms with E-state index in [0.717, 1.165) is 29.2 Å². The molecule has 0 bridgehead atoms. The Morgan fingerprint density at radius 1 is 1.14 bits per heavy atom. The molecular formula is C29H37NO5. The number of esters is 2. The zero-order chi connectivity index (χ0) is 24.9. The van der Waals surface area contributed by atoms with Crippen LogP contribution in [0.5, 0.6) is 0 Å². The highest BCUT2D eigenvalue weighted by molar-refractivity contribution is 5.87. The van der Waals surface area contributed by atoms with Gasteiger partial charge in [-0.15, -0.1) is 0 Å². The van der Waals surface area contributed by atoms with Crippen molar-refractivity contribution in [3.63, 3.8) is 0 Å². The van der Waals surface area contributed by atoms with Gasteiger partial charge in [0, 0.05) is 6.04 Å². The van der Waals surface area contributed by atoms with Crippen LogP contribution in [0.1, 0.15) is 58.6 Å². The normalized spacial score (nSPS) is 36.9. The topological polar surface area (TPSA) is 73.9 Å². The van der Waals surface area contributed by atoms with Crippen molar-refractivity contribution in [3.05, 3.63) is 48.0 Å². The fourth-order valence-electron chi connectivity index (χ4n) is 6.72. The smallest absolute Gasteiger partial charge is 0.326 e. The summed E-state index contributed by atoms with van der Waals surface area (Å²) in [5.41, 5.74) is -0.157. The maximum atomic E-state index is 13.3. The third-order valence-corrected chi connectivity index (χ3v) is 8.68. The summed E-state index contributed by atoms with van der Waals surface area (Å²) in [5, 5.41) is 5.70. The molecule has 0 spiro atoms. The molecule has 35 heavy (non-hydrogen) atoms. The minimum Gasteiger partial charge on any atom is -0.468 e. The van der Waals surface area contributed by atoms with E-state index in [1.54, 1.807) is 0 Å². The first-order chi connectivity index (χ1) is 16.7. The second-order valence-corrected chi connectivity index (χ2v) is 11.3. The molecule has 0 radical (unpaired) electrons. The number of hydrogen-bond acceptors (Lipinski definition) is 6. The highest BCUT2D eigenvalue weighted by Gasteiger charge is 2.66. The van der Waals surface area contributed by atoms with Crippen molar-refractivity contribution in [2.45, 2.75) is 70.9 Å². The molecule has 1 saturated carbocycles. The van der Waals surface area contributed by atoms with Crippen LogP contribution in [-0.2, 0) is 23.8 Å². The summed E-state index contributed by atoms with van der Waals surface area (Å²) in [4.78, 5) is 26.5. The number of benzene rings is 2. The van der Waals surface area contributed by atoms with E-state index in [0.29, 0.717) is 17.8 Å². The third kappa shape index (κ3) is 4.15. The molecule has 2 aromatic carbocycles. The lowest BCUT2D eigenvalue weighted by atomic mass is 9.75. The number of carbonyl (C=O) groups is 2. The van der Waals surface area contributed by atoms with Crippen LogP contribution in [0.25, 0.3) is 10.8 Å². The first-order valence-corrected chi connectivity index (χ1v) is 12.9. The molecule has 2 heterocycles. The lowest BCUT2D eigenvalue weighted by molar-refractivity contribution is -0.204. The van der Waals surface area contributed by atoms with Crippen molar-refractivity contribution in [2.75, 3.05) is 7.11 Å². The van der Waals surface area contributed by atoms with Crippen LogP contribution in [0.4, 0.5) is 0 Å². The average Bonchev–Trinajstić information content (AvgIpc) is 3.34. The summed E-state index contributed by atoms with van der Waals surface area (Å²) in [7, 11) is 1.39. The summed E-state index contributed by atoms with van der Waals surface area (Å²) in [6.07, 6.45) is 2.43. The van der Waals surface area contributed by atoms with Gasteiger partial charge < -0.3 is 14.2 Å². The largest absolute Gasteiger partial charge is 0.468 e. The quantitative estimate of drug-likeness (QED) is 0.608. The molecule has 1 aliphatic carbocycles. The highest BCUT2D eigenvalue weighted by atomic mass is 16.7. The van der Waals surface area contributed by atoms with E-state index in [2.05, 4.69) is 50.4 Å². The van der Waals surface area contributed by atoms with Crippen LogP contribution in [0, 0.1) is 29.6 Å². The Kier molecular flexibility index (Phi) is 6.39. The Morgan fingerprint density at radius 3 is 2.60 bits per heavy atom. The van der Waals surface area contributed by atoms with Gasteiger partial charge in [-0.3, -0.25) is 14.9 Å². The van der Waals surface area contributed by atoms with E-state index in [-0.39, 0.29) is 18.1 Å². The second kappa shape index (κ2) is 9.21. The van der Waals surface area contributed by atoms with Crippen molar-refractivity contribution < 1.29 is 23.8 Å². The molecular weight excluding hydrogens is 442 g/mol. The fourth-order valence-corrected chi connectivity index (χ4v) is 6.72. The van der Waals surface area contributed by atoms with Gasteiger partial charge >= 0.3 is 11.9 Å². The van der Waals surface area contributed by atoms with E-state index in [9.17, 15) is 9.59 Å². The number of cyclic esters (lactones) is 1. The van der Waals surface area contributed by atoms with Crippen LogP contribution >= 0.6 is 0 Å². The van der Waals surface area contributed by atoms with E-state index in [1.807, 2.05) is 25.1 Å². The van der Waals surface area contributed by atoms with Crippen LogP contribution < -0.4 is 5.32 Å². The van der Waals surface area contributed by atoms with Gasteiger partial charge in [0.2, 0.25) is 6.29 Å². The summed E-state index contributed by atoms with van der Waals surface area (Å²) >= 11 is 0. The minimum absolute atomic E-state index is 0.00286. The van der Waals surface area contributed by atoms with Crippen LogP contribution in [-0.4, -0.2) is 37.0 Å². The summed E-state index contributed by atoms with van der Waals surface area (Å²) in [5.74, 6) is -0.309. The van der Waals surface area contributed by atoms with Crippen molar-refractivity contribution in [2.24, 2.45) is 29.6 Å². The van der Waals surface area contributed by atoms with E-state index in [4.69, 9.17) is 14.2 Å². The standard InChI is InChI=1S/C29H37NO5/c1-16(2)21-13-10-17(3)14-22(21)34-27-24-23(26(31)35-27)25(30-29(24,4)28(32)33-5)20-12-11-18-8-6-7-9-19(18)15-20/h6-9,11-12,15-17,21-25,27,30H,10,13-14H2,1-5H3/t17-,21+,22-,23+,24+,25+,27-,29+/m1/s1. The minimum atomic E-state index is -1.11. The lowest BCUT2D eigenvalue weighted by Crippen LogP contribution is -2.54. The zero-order valence-electron chi connectivity index (χ0n) is 21.3. The maximum Gasteiger partial charge on any atom is 0.326 e. The molecule has 188 valence electrons. The number of nitrogens with one attached hydrogen (secondary N) is 1. The Labute approximate surface area is 207 Å². The predicted molar refractivity (Wildman–Crippen MR) is 133 cm³/mol. The number of rotatable bonds is 5. The number of methoxy groups -OCH3 is 1. The molecule has 2 saturated heterocycles. The average molecular weight is 480 g/mol. The summed E-state index contributed by atoms with van der Waals surface area (Å²) in [6.45, 7) is 8.53. The first kappa shape index (κ1) is 24.3. The Morgan fingerprint density at radius 2 is 1.89 bits per heavy atom. The van der Waals surface area contributed by atoms with Crippen LogP contribution in [0.15, 0.2) is 42.5 Å². The van der Waals surface area contributed by atoms with Gasteiger partial charge in [0.1, 0.15) is 5.54 Å². The zero-order valence-corrected chi connectivity index (χ0v) is 21.3. The molecule has 6 heteroatoms. The predicted octanol–water partition coefficient (Wildman–Crippen LogP) is 5.01. The molecule has 1 N–H and O–H groups in total. The Bertz CT molecular complexity index is 1120. The number of hydrogen-bond donors (Lipinski definition) is 1. The fraction of sp³-hybridized carbons (Fsp3) is 0.586. The van der Waals surface area contributed by atoms with Gasteiger partial charge in [-0.25, -0.2) is 0 Å². The molecule has 3 fully saturated rings. The maximum absolute atomic E-state index is 13.3. The van der Waals surface area contributed by atoms with E-state index < -0.39 is 29.6 Å². The number of carbonyl (C=O) groups excluding carboxylic acids is 2. The van der Waals surface area contributed by atoms with Crippen molar-refractivity contribution >= 4 is 22.7 Å². The van der Waals surface area contributed by atoms with E-state index >= 15 is 0 Å². The molecule has 8 atom stereocenters. The SMILES string of the molecule is COC(=O)[C@@]1(C)N[C@@H](c2ccc3ccccc3c2)[C@H]2C(=O)O[C@@H](O[C@@H]3C[C@H](C)CC[C@H]3C(C)C)[C@H]21. The molecule has 0 aromatic heterocycles. The van der Waals surface area contributed by atoms with Gasteiger partial charge in [0.05, 0.1) is 25.0 Å². The molecule has 3 aliphatic rings. The highest BCUT2D eigenvalue weighted by Crippen LogP contribution is 2.52. The van der Waals surface area contributed by atoms with Gasteiger partial charge in [-0.2, -0.15) is 0 Å². The molecule has 2 aliphatic heterocycles. The third-order valence-electron chi connectivity index (χ3n) is 8.68. The van der Waals surface area contributed by atoms with E-state index in [1.165, 1.54) is 13.5 Å². The molecule has 0 amide bonds. The molecule has 2 aromatic rings. The monoisotopic (exact) mass is 479 g/mol. The molecule has 5 rings (SSSR count). The van der Waals surface area contributed by atoms with Crippen LogP contribution in [0.2, 0.25) is 0 Å². The van der Waals surface area contributed by atoms with Gasteiger partial charge in [0.25, 0.3) is 0 Å². The van der Waals surface area contributed by atoms with Gasteiger partial charge in [-0.05, 0) is 59.9 Å². The first-order valence-electron chi connectivity index (χ1n) is 12.9. The second-order valence-electron chi connectivity index (χ2n) is 11.3. The molecule has 6 nitrogen and oxygen atoms in total. The van der Waals surface area contributed by atoms with Gasteiger partial charge in [-0.1, -0.05) is 63.6 Å². The van der Waals surface area contributed by atoms with Crippen LogP contribution in [0.3, 0.4) is 0 Å².